The second-order valence-corrected chi connectivity index (χ2v) is 7.09. The highest BCUT2D eigenvalue weighted by Crippen LogP contribution is 2.24. The molecule has 1 aliphatic rings. The van der Waals surface area contributed by atoms with E-state index in [1.807, 2.05) is 34.9 Å². The Kier molecular flexibility index (Phi) is 5.28. The Morgan fingerprint density at radius 2 is 1.70 bits per heavy atom. The zero-order valence-electron chi connectivity index (χ0n) is 15.4. The molecule has 0 radical (unpaired) electrons. The van der Waals surface area contributed by atoms with Gasteiger partial charge in [0.1, 0.15) is 12.7 Å². The average molecular weight is 360 g/mol. The molecule has 5 heteroatoms. The molecule has 1 aliphatic heterocycles. The number of carbonyl (C=O) groups excluding carboxylic acids is 1. The maximum absolute atomic E-state index is 13.1. The Hall–Kier alpha value is -2.95. The minimum absolute atomic E-state index is 0.142. The van der Waals surface area contributed by atoms with E-state index in [1.165, 1.54) is 12.0 Å². The molecule has 1 amide bonds. The standard InChI is InChI=1S/C22H24N4O/c27-22(19-10-13-20(14-11-19)25-16-23-24-17-25)26-15-5-4-8-21(26)12-9-18-6-2-1-3-7-18/h1-3,6-7,10-11,13-14,16-17,21H,4-5,8-9,12,15H2/t21-/m1/s1. The SMILES string of the molecule is O=C(c1ccc(-n2cnnc2)cc1)N1CCCC[C@@H]1CCc1ccccc1. The highest BCUT2D eigenvalue weighted by Gasteiger charge is 2.27. The summed E-state index contributed by atoms with van der Waals surface area (Å²) < 4.78 is 1.83. The zero-order valence-corrected chi connectivity index (χ0v) is 15.4. The second-order valence-electron chi connectivity index (χ2n) is 7.09. The van der Waals surface area contributed by atoms with Crippen molar-refractivity contribution in [3.05, 3.63) is 78.4 Å². The summed E-state index contributed by atoms with van der Waals surface area (Å²) in [6.45, 7) is 0.853. The number of rotatable bonds is 5. The van der Waals surface area contributed by atoms with Crippen molar-refractivity contribution in [1.29, 1.82) is 0 Å². The van der Waals surface area contributed by atoms with E-state index < -0.39 is 0 Å². The fourth-order valence-corrected chi connectivity index (χ4v) is 3.82. The highest BCUT2D eigenvalue weighted by molar-refractivity contribution is 5.94. The van der Waals surface area contributed by atoms with Gasteiger partial charge in [0, 0.05) is 23.8 Å². The fraction of sp³-hybridized carbons (Fsp3) is 0.318. The highest BCUT2D eigenvalue weighted by atomic mass is 16.2. The number of piperidine rings is 1. The first-order valence-corrected chi connectivity index (χ1v) is 9.61. The predicted molar refractivity (Wildman–Crippen MR) is 105 cm³/mol. The van der Waals surface area contributed by atoms with Gasteiger partial charge in [-0.1, -0.05) is 30.3 Å². The molecule has 4 rings (SSSR count). The number of amides is 1. The van der Waals surface area contributed by atoms with Crippen LogP contribution in [0, 0.1) is 0 Å². The molecule has 0 bridgehead atoms. The van der Waals surface area contributed by atoms with Crippen molar-refractivity contribution in [2.45, 2.75) is 38.1 Å². The van der Waals surface area contributed by atoms with Crippen molar-refractivity contribution in [2.75, 3.05) is 6.54 Å². The molecule has 1 atom stereocenters. The van der Waals surface area contributed by atoms with Crippen molar-refractivity contribution < 1.29 is 4.79 Å². The van der Waals surface area contributed by atoms with Gasteiger partial charge in [0.05, 0.1) is 0 Å². The van der Waals surface area contributed by atoms with Gasteiger partial charge in [0.25, 0.3) is 5.91 Å². The molecule has 1 aromatic heterocycles. The lowest BCUT2D eigenvalue weighted by Gasteiger charge is -2.36. The van der Waals surface area contributed by atoms with Crippen molar-refractivity contribution >= 4 is 5.91 Å². The first kappa shape index (κ1) is 17.5. The van der Waals surface area contributed by atoms with Crippen molar-refractivity contribution in [3.63, 3.8) is 0 Å². The van der Waals surface area contributed by atoms with E-state index in [-0.39, 0.29) is 5.91 Å². The molecule has 0 saturated carbocycles. The molecule has 0 N–H and O–H groups in total. The van der Waals surface area contributed by atoms with Crippen molar-refractivity contribution in [3.8, 4) is 5.69 Å². The van der Waals surface area contributed by atoms with Crippen LogP contribution in [0.1, 0.15) is 41.6 Å². The maximum Gasteiger partial charge on any atom is 0.254 e. The van der Waals surface area contributed by atoms with Gasteiger partial charge < -0.3 is 4.90 Å². The molecule has 1 fully saturated rings. The molecule has 1 saturated heterocycles. The first-order valence-electron chi connectivity index (χ1n) is 9.61. The average Bonchev–Trinajstić information content (AvgIpc) is 3.28. The van der Waals surface area contributed by atoms with Crippen LogP contribution in [0.15, 0.2) is 67.3 Å². The van der Waals surface area contributed by atoms with Gasteiger partial charge in [-0.05, 0) is 61.9 Å². The lowest BCUT2D eigenvalue weighted by atomic mass is 9.95. The van der Waals surface area contributed by atoms with E-state index in [0.717, 1.165) is 43.5 Å². The number of aryl methyl sites for hydroxylation is 1. The first-order chi connectivity index (χ1) is 13.3. The number of hydrogen-bond acceptors (Lipinski definition) is 3. The minimum atomic E-state index is 0.142. The van der Waals surface area contributed by atoms with Gasteiger partial charge in [0.15, 0.2) is 0 Å². The van der Waals surface area contributed by atoms with Gasteiger partial charge in [-0.15, -0.1) is 10.2 Å². The quantitative estimate of drug-likeness (QED) is 0.693. The van der Waals surface area contributed by atoms with E-state index in [2.05, 4.69) is 39.4 Å². The lowest BCUT2D eigenvalue weighted by Crippen LogP contribution is -2.44. The van der Waals surface area contributed by atoms with Crippen molar-refractivity contribution in [2.24, 2.45) is 0 Å². The monoisotopic (exact) mass is 360 g/mol. The van der Waals surface area contributed by atoms with Crippen molar-refractivity contribution in [1.82, 2.24) is 19.7 Å². The summed E-state index contributed by atoms with van der Waals surface area (Å²) in [4.78, 5) is 15.2. The molecular weight excluding hydrogens is 336 g/mol. The Morgan fingerprint density at radius 3 is 2.44 bits per heavy atom. The van der Waals surface area contributed by atoms with E-state index >= 15 is 0 Å². The van der Waals surface area contributed by atoms with Crippen LogP contribution in [-0.2, 0) is 6.42 Å². The third-order valence-electron chi connectivity index (χ3n) is 5.33. The van der Waals surface area contributed by atoms with Gasteiger partial charge in [-0.3, -0.25) is 9.36 Å². The Morgan fingerprint density at radius 1 is 0.963 bits per heavy atom. The van der Waals surface area contributed by atoms with E-state index in [1.54, 1.807) is 12.7 Å². The van der Waals surface area contributed by atoms with Gasteiger partial charge in [0.2, 0.25) is 0 Å². The Labute approximate surface area is 159 Å². The summed E-state index contributed by atoms with van der Waals surface area (Å²) in [6, 6.07) is 18.6. The van der Waals surface area contributed by atoms with E-state index in [4.69, 9.17) is 0 Å². The summed E-state index contributed by atoms with van der Waals surface area (Å²) in [5.74, 6) is 0.142. The van der Waals surface area contributed by atoms with Crippen LogP contribution >= 0.6 is 0 Å². The van der Waals surface area contributed by atoms with Gasteiger partial charge >= 0.3 is 0 Å². The summed E-state index contributed by atoms with van der Waals surface area (Å²) in [7, 11) is 0. The third kappa shape index (κ3) is 4.08. The van der Waals surface area contributed by atoms with Crippen LogP contribution in [-0.4, -0.2) is 38.2 Å². The number of aromatic nitrogens is 3. The zero-order chi connectivity index (χ0) is 18.5. The Balaban J connectivity index is 1.45. The number of carbonyl (C=O) groups is 1. The molecule has 3 aromatic rings. The Bertz CT molecular complexity index is 859. The number of likely N-dealkylation sites (tertiary alicyclic amines) is 1. The predicted octanol–water partition coefficient (Wildman–Crippen LogP) is 3.89. The fourth-order valence-electron chi connectivity index (χ4n) is 3.82. The van der Waals surface area contributed by atoms with Gasteiger partial charge in [-0.2, -0.15) is 0 Å². The molecule has 0 unspecified atom stereocenters. The van der Waals surface area contributed by atoms with Crippen LogP contribution in [0.5, 0.6) is 0 Å². The second kappa shape index (κ2) is 8.16. The number of hydrogen-bond donors (Lipinski definition) is 0. The molecule has 0 aliphatic carbocycles. The van der Waals surface area contributed by atoms with Crippen LogP contribution in [0.25, 0.3) is 5.69 Å². The van der Waals surface area contributed by atoms with E-state index in [0.29, 0.717) is 6.04 Å². The van der Waals surface area contributed by atoms with Crippen LogP contribution in [0.4, 0.5) is 0 Å². The normalized spacial score (nSPS) is 17.0. The van der Waals surface area contributed by atoms with Gasteiger partial charge in [-0.25, -0.2) is 0 Å². The van der Waals surface area contributed by atoms with E-state index in [9.17, 15) is 4.79 Å². The molecule has 0 spiro atoms. The number of nitrogens with zero attached hydrogens (tertiary/aromatic N) is 4. The number of benzene rings is 2. The molecular formula is C22H24N4O. The van der Waals surface area contributed by atoms with Crippen LogP contribution in [0.3, 0.4) is 0 Å². The molecule has 138 valence electrons. The summed E-state index contributed by atoms with van der Waals surface area (Å²) in [5.41, 5.74) is 3.04. The largest absolute Gasteiger partial charge is 0.336 e. The molecule has 27 heavy (non-hydrogen) atoms. The minimum Gasteiger partial charge on any atom is -0.336 e. The third-order valence-corrected chi connectivity index (χ3v) is 5.33. The van der Waals surface area contributed by atoms with Crippen LogP contribution < -0.4 is 0 Å². The summed E-state index contributed by atoms with van der Waals surface area (Å²) in [5, 5.41) is 7.65. The smallest absolute Gasteiger partial charge is 0.254 e. The topological polar surface area (TPSA) is 51.0 Å². The molecule has 2 heterocycles. The maximum atomic E-state index is 13.1. The summed E-state index contributed by atoms with van der Waals surface area (Å²) in [6.07, 6.45) is 8.73. The summed E-state index contributed by atoms with van der Waals surface area (Å²) >= 11 is 0. The molecule has 5 nitrogen and oxygen atoms in total. The van der Waals surface area contributed by atoms with Crippen LogP contribution in [0.2, 0.25) is 0 Å². The lowest BCUT2D eigenvalue weighted by molar-refractivity contribution is 0.0602. The molecule has 2 aromatic carbocycles.